The van der Waals surface area contributed by atoms with Crippen LogP contribution in [-0.4, -0.2) is 69.0 Å². The van der Waals surface area contributed by atoms with Crippen LogP contribution in [0.3, 0.4) is 0 Å². The number of halogens is 2. The van der Waals surface area contributed by atoms with Gasteiger partial charge in [0, 0.05) is 37.0 Å². The summed E-state index contributed by atoms with van der Waals surface area (Å²) in [4.78, 5) is 30.0. The zero-order valence-electron chi connectivity index (χ0n) is 20.8. The molecule has 0 aliphatic carbocycles. The zero-order valence-corrected chi connectivity index (χ0v) is 20.8. The number of piperazine rings is 1. The molecule has 4 rings (SSSR count). The van der Waals surface area contributed by atoms with E-state index >= 15 is 0 Å². The van der Waals surface area contributed by atoms with Gasteiger partial charge in [0.2, 0.25) is 11.5 Å². The lowest BCUT2D eigenvalue weighted by molar-refractivity contribution is -0.149. The number of carbonyl (C=O) groups excluding carboxylic acids is 2. The Labute approximate surface area is 209 Å². The molecule has 0 N–H and O–H groups in total. The van der Waals surface area contributed by atoms with Crippen molar-refractivity contribution in [3.8, 4) is 17.2 Å². The van der Waals surface area contributed by atoms with E-state index in [2.05, 4.69) is 12.1 Å². The second-order valence-corrected chi connectivity index (χ2v) is 9.17. The van der Waals surface area contributed by atoms with E-state index in [-0.39, 0.29) is 12.5 Å². The standard InChI is InChI=1S/C27H32F2N2O5/c1-34-21-15-20(16-22(35-2)23(21)36-3)31-19-12-13-27(31,24(32)25(28)29)26(33)30(17-19)14-8-7-11-18-9-5-4-6-10-18/h4-6,9-10,15-16,19,25H,7-8,11-14,17H2,1-3H3/t19-,27+/m1/s1. The van der Waals surface area contributed by atoms with Gasteiger partial charge in [-0.15, -0.1) is 0 Å². The average molecular weight is 503 g/mol. The number of hydrogen-bond acceptors (Lipinski definition) is 6. The van der Waals surface area contributed by atoms with Crippen molar-refractivity contribution in [2.24, 2.45) is 0 Å². The smallest absolute Gasteiger partial charge is 0.298 e. The molecular weight excluding hydrogens is 470 g/mol. The van der Waals surface area contributed by atoms with Gasteiger partial charge in [0.25, 0.3) is 12.3 Å². The highest BCUT2D eigenvalue weighted by Gasteiger charge is 2.63. The van der Waals surface area contributed by atoms with Gasteiger partial charge >= 0.3 is 0 Å². The Morgan fingerprint density at radius 1 is 1.06 bits per heavy atom. The fraction of sp³-hybridized carbons (Fsp3) is 0.481. The molecule has 2 aromatic carbocycles. The first-order valence-electron chi connectivity index (χ1n) is 12.1. The number of carbonyl (C=O) groups is 2. The van der Waals surface area contributed by atoms with Crippen molar-refractivity contribution in [3.05, 3.63) is 48.0 Å². The van der Waals surface area contributed by atoms with Crippen molar-refractivity contribution in [1.29, 1.82) is 0 Å². The molecule has 2 aliphatic heterocycles. The van der Waals surface area contributed by atoms with Crippen molar-refractivity contribution in [1.82, 2.24) is 4.90 Å². The molecule has 0 spiro atoms. The van der Waals surface area contributed by atoms with Gasteiger partial charge in [0.15, 0.2) is 17.0 Å². The average Bonchev–Trinajstić information content (AvgIpc) is 3.22. The summed E-state index contributed by atoms with van der Waals surface area (Å²) >= 11 is 0. The minimum atomic E-state index is -3.27. The maximum absolute atomic E-state index is 13.9. The van der Waals surface area contributed by atoms with E-state index in [9.17, 15) is 18.4 Å². The molecule has 0 radical (unpaired) electrons. The number of fused-ring (bicyclic) bond motifs is 2. The molecule has 0 unspecified atom stereocenters. The molecule has 1 amide bonds. The number of aryl methyl sites for hydroxylation is 1. The van der Waals surface area contributed by atoms with E-state index in [1.165, 1.54) is 26.9 Å². The van der Waals surface area contributed by atoms with Gasteiger partial charge in [-0.1, -0.05) is 30.3 Å². The molecule has 194 valence electrons. The summed E-state index contributed by atoms with van der Waals surface area (Å²) in [6.45, 7) is 0.780. The maximum atomic E-state index is 13.9. The molecule has 7 nitrogen and oxygen atoms in total. The second-order valence-electron chi connectivity index (χ2n) is 9.17. The molecule has 9 heteroatoms. The zero-order chi connectivity index (χ0) is 25.9. The van der Waals surface area contributed by atoms with Crippen LogP contribution >= 0.6 is 0 Å². The lowest BCUT2D eigenvalue weighted by Gasteiger charge is -2.48. The molecule has 2 heterocycles. The highest BCUT2D eigenvalue weighted by Crippen LogP contribution is 2.49. The number of hydrogen-bond donors (Lipinski definition) is 0. The van der Waals surface area contributed by atoms with Crippen LogP contribution in [0.15, 0.2) is 42.5 Å². The number of alkyl halides is 2. The first-order chi connectivity index (χ1) is 17.4. The fourth-order valence-corrected chi connectivity index (χ4v) is 5.55. The third kappa shape index (κ3) is 4.47. The quantitative estimate of drug-likeness (QED) is 0.340. The summed E-state index contributed by atoms with van der Waals surface area (Å²) in [5.74, 6) is -0.940. The summed E-state index contributed by atoms with van der Waals surface area (Å²) in [5.41, 5.74) is -0.334. The molecule has 2 fully saturated rings. The first-order valence-corrected chi connectivity index (χ1v) is 12.1. The minimum absolute atomic E-state index is 0.0385. The number of nitrogens with zero attached hydrogens (tertiary/aromatic N) is 2. The lowest BCUT2D eigenvalue weighted by atomic mass is 9.87. The van der Waals surface area contributed by atoms with E-state index in [1.54, 1.807) is 21.9 Å². The third-order valence-electron chi connectivity index (χ3n) is 7.21. The van der Waals surface area contributed by atoms with Gasteiger partial charge in [0.05, 0.1) is 21.3 Å². The summed E-state index contributed by atoms with van der Waals surface area (Å²) in [6, 6.07) is 13.0. The van der Waals surface area contributed by atoms with Crippen LogP contribution in [0.4, 0.5) is 14.5 Å². The Balaban J connectivity index is 1.62. The van der Waals surface area contributed by atoms with E-state index in [4.69, 9.17) is 14.2 Å². The minimum Gasteiger partial charge on any atom is -0.493 e. The van der Waals surface area contributed by atoms with Crippen molar-refractivity contribution >= 4 is 17.4 Å². The molecule has 0 saturated carbocycles. The van der Waals surface area contributed by atoms with Gasteiger partial charge in [-0.3, -0.25) is 9.59 Å². The number of ketones is 1. The van der Waals surface area contributed by atoms with E-state index < -0.39 is 23.7 Å². The van der Waals surface area contributed by atoms with Gasteiger partial charge in [-0.25, -0.2) is 8.78 Å². The molecule has 36 heavy (non-hydrogen) atoms. The third-order valence-corrected chi connectivity index (χ3v) is 7.21. The lowest BCUT2D eigenvalue weighted by Crippen LogP contribution is -2.70. The number of likely N-dealkylation sites (tertiary alicyclic amines) is 1. The van der Waals surface area contributed by atoms with Gasteiger partial charge in [-0.05, 0) is 37.7 Å². The van der Waals surface area contributed by atoms with Crippen LogP contribution in [0.2, 0.25) is 0 Å². The molecule has 2 atom stereocenters. The highest BCUT2D eigenvalue weighted by atomic mass is 19.3. The fourth-order valence-electron chi connectivity index (χ4n) is 5.55. The van der Waals surface area contributed by atoms with Crippen LogP contribution in [0.5, 0.6) is 17.2 Å². The Hall–Kier alpha value is -3.36. The van der Waals surface area contributed by atoms with Crippen LogP contribution in [0.25, 0.3) is 0 Å². The van der Waals surface area contributed by atoms with Crippen LogP contribution in [-0.2, 0) is 16.0 Å². The van der Waals surface area contributed by atoms with Crippen LogP contribution in [0, 0.1) is 0 Å². The summed E-state index contributed by atoms with van der Waals surface area (Å²) in [7, 11) is 4.37. The van der Waals surface area contributed by atoms with E-state index in [0.717, 1.165) is 19.3 Å². The largest absolute Gasteiger partial charge is 0.493 e. The Morgan fingerprint density at radius 2 is 1.72 bits per heavy atom. The van der Waals surface area contributed by atoms with Crippen LogP contribution < -0.4 is 19.1 Å². The summed E-state index contributed by atoms with van der Waals surface area (Å²) in [5, 5.41) is 0. The van der Waals surface area contributed by atoms with Gasteiger partial charge in [0.1, 0.15) is 0 Å². The molecule has 2 aromatic rings. The topological polar surface area (TPSA) is 68.3 Å². The Kier molecular flexibility index (Phi) is 7.66. The molecule has 0 aromatic heterocycles. The molecule has 2 aliphatic rings. The summed E-state index contributed by atoms with van der Waals surface area (Å²) in [6.07, 6.45) is -0.347. The Bertz CT molecular complexity index is 1070. The number of benzene rings is 2. The molecule has 2 saturated heterocycles. The number of rotatable bonds is 11. The number of amides is 1. The van der Waals surface area contributed by atoms with E-state index in [0.29, 0.717) is 42.4 Å². The predicted octanol–water partition coefficient (Wildman–Crippen LogP) is 4.12. The maximum Gasteiger partial charge on any atom is 0.298 e. The summed E-state index contributed by atoms with van der Waals surface area (Å²) < 4.78 is 44.1. The van der Waals surface area contributed by atoms with Crippen molar-refractivity contribution in [2.45, 2.75) is 50.1 Å². The number of anilines is 1. The van der Waals surface area contributed by atoms with Crippen molar-refractivity contribution in [2.75, 3.05) is 39.3 Å². The first kappa shape index (κ1) is 25.7. The highest BCUT2D eigenvalue weighted by molar-refractivity contribution is 6.16. The molecule has 2 bridgehead atoms. The van der Waals surface area contributed by atoms with Crippen molar-refractivity contribution in [3.63, 3.8) is 0 Å². The monoisotopic (exact) mass is 502 g/mol. The predicted molar refractivity (Wildman–Crippen MR) is 131 cm³/mol. The number of methoxy groups -OCH3 is 3. The SMILES string of the molecule is COc1cc(N2[C@@H]3CC[C@]2(C(=O)C(F)F)C(=O)N(CCCCc2ccccc2)C3)cc(OC)c1OC. The Morgan fingerprint density at radius 3 is 2.31 bits per heavy atom. The number of ether oxygens (including phenoxy) is 3. The van der Waals surface area contributed by atoms with E-state index in [1.807, 2.05) is 18.2 Å². The number of Topliss-reactive ketones (excluding diaryl/α,β-unsaturated/α-hetero) is 1. The number of unbranched alkanes of at least 4 members (excludes halogenated alkanes) is 1. The second kappa shape index (κ2) is 10.7. The van der Waals surface area contributed by atoms with Gasteiger partial charge in [-0.2, -0.15) is 0 Å². The normalized spacial score (nSPS) is 21.2. The van der Waals surface area contributed by atoms with Crippen molar-refractivity contribution < 1.29 is 32.6 Å². The van der Waals surface area contributed by atoms with Crippen LogP contribution in [0.1, 0.15) is 31.2 Å². The molecular formula is C27H32F2N2O5. The van der Waals surface area contributed by atoms with Gasteiger partial charge < -0.3 is 24.0 Å².